The molecule has 1 saturated heterocycles. The van der Waals surface area contributed by atoms with Crippen LogP contribution in [0.15, 0.2) is 12.1 Å². The van der Waals surface area contributed by atoms with Crippen LogP contribution >= 0.6 is 0 Å². The molecule has 3 N–H and O–H groups in total. The van der Waals surface area contributed by atoms with E-state index in [9.17, 15) is 23.1 Å². The average molecular weight is 302 g/mol. The third-order valence-corrected chi connectivity index (χ3v) is 3.83. The van der Waals surface area contributed by atoms with Crippen LogP contribution in [0.5, 0.6) is 5.75 Å². The molecule has 1 heterocycles. The van der Waals surface area contributed by atoms with Crippen LogP contribution < -0.4 is 10.6 Å². The van der Waals surface area contributed by atoms with Gasteiger partial charge in [-0.15, -0.1) is 0 Å². The standard InChI is InChI=1S/C14H17F3N2O2/c1-8-5-9(2)11(20)10(6-8)19-12(21)13(14(15,16)17)3-4-18-7-13/h5-6,18,20H,3-4,7H2,1-2H3,(H,19,21). The highest BCUT2D eigenvalue weighted by molar-refractivity contribution is 5.97. The Balaban J connectivity index is 2.33. The van der Waals surface area contributed by atoms with Crippen LogP contribution in [0.2, 0.25) is 0 Å². The average Bonchev–Trinajstić information content (AvgIpc) is 2.85. The summed E-state index contributed by atoms with van der Waals surface area (Å²) in [5, 5.41) is 14.7. The molecule has 0 aromatic heterocycles. The molecule has 1 aliphatic heterocycles. The lowest BCUT2D eigenvalue weighted by atomic mass is 9.85. The van der Waals surface area contributed by atoms with Gasteiger partial charge in [0.1, 0.15) is 5.75 Å². The first-order chi connectivity index (χ1) is 9.67. The van der Waals surface area contributed by atoms with E-state index in [1.807, 2.05) is 0 Å². The molecule has 1 unspecified atom stereocenters. The number of alkyl halides is 3. The molecule has 21 heavy (non-hydrogen) atoms. The van der Waals surface area contributed by atoms with Crippen molar-refractivity contribution >= 4 is 11.6 Å². The number of rotatable bonds is 2. The number of phenolic OH excluding ortho intramolecular Hbond substituents is 1. The summed E-state index contributed by atoms with van der Waals surface area (Å²) in [6.45, 7) is 3.03. The summed E-state index contributed by atoms with van der Waals surface area (Å²) in [6.07, 6.45) is -4.96. The van der Waals surface area contributed by atoms with Gasteiger partial charge in [0.2, 0.25) is 5.91 Å². The molecule has 0 bridgehead atoms. The minimum Gasteiger partial charge on any atom is -0.505 e. The molecular formula is C14H17F3N2O2. The molecule has 4 nitrogen and oxygen atoms in total. The van der Waals surface area contributed by atoms with Gasteiger partial charge in [-0.2, -0.15) is 13.2 Å². The number of nitrogens with one attached hydrogen (secondary N) is 2. The van der Waals surface area contributed by atoms with Crippen molar-refractivity contribution < 1.29 is 23.1 Å². The molecule has 116 valence electrons. The maximum atomic E-state index is 13.3. The first kappa shape index (κ1) is 15.6. The highest BCUT2D eigenvalue weighted by Crippen LogP contribution is 2.44. The van der Waals surface area contributed by atoms with E-state index in [2.05, 4.69) is 10.6 Å². The van der Waals surface area contributed by atoms with E-state index in [4.69, 9.17) is 0 Å². The predicted molar refractivity (Wildman–Crippen MR) is 72.2 cm³/mol. The third kappa shape index (κ3) is 2.70. The Morgan fingerprint density at radius 1 is 1.38 bits per heavy atom. The number of halogens is 3. The number of hydrogen-bond donors (Lipinski definition) is 3. The van der Waals surface area contributed by atoms with Crippen LogP contribution in [0.4, 0.5) is 18.9 Å². The van der Waals surface area contributed by atoms with E-state index in [1.54, 1.807) is 19.9 Å². The number of benzene rings is 1. The maximum absolute atomic E-state index is 13.3. The van der Waals surface area contributed by atoms with E-state index in [-0.39, 0.29) is 24.4 Å². The summed E-state index contributed by atoms with van der Waals surface area (Å²) in [5.74, 6) is -1.35. The number of aryl methyl sites for hydroxylation is 2. The van der Waals surface area contributed by atoms with E-state index in [0.29, 0.717) is 5.56 Å². The van der Waals surface area contributed by atoms with Crippen LogP contribution in [0.1, 0.15) is 17.5 Å². The van der Waals surface area contributed by atoms with Crippen molar-refractivity contribution in [2.75, 3.05) is 18.4 Å². The number of carbonyl (C=O) groups excluding carboxylic acids is 1. The minimum absolute atomic E-state index is 0.00743. The number of phenols is 1. The van der Waals surface area contributed by atoms with Gasteiger partial charge in [0, 0.05) is 6.54 Å². The summed E-state index contributed by atoms with van der Waals surface area (Å²) in [7, 11) is 0. The Kier molecular flexibility index (Phi) is 3.88. The topological polar surface area (TPSA) is 61.4 Å². The first-order valence-electron chi connectivity index (χ1n) is 6.56. The Hall–Kier alpha value is -1.76. The SMILES string of the molecule is Cc1cc(C)c(O)c(NC(=O)C2(C(F)(F)F)CCNC2)c1. The monoisotopic (exact) mass is 302 g/mol. The van der Waals surface area contributed by atoms with Gasteiger partial charge >= 0.3 is 6.18 Å². The summed E-state index contributed by atoms with van der Waals surface area (Å²) in [5.41, 5.74) is -1.20. The molecule has 1 amide bonds. The second-order valence-electron chi connectivity index (χ2n) is 5.44. The van der Waals surface area contributed by atoms with Crippen molar-refractivity contribution in [3.8, 4) is 5.75 Å². The molecule has 0 spiro atoms. The molecule has 1 aromatic carbocycles. The molecular weight excluding hydrogens is 285 g/mol. The van der Waals surface area contributed by atoms with Crippen molar-refractivity contribution in [3.05, 3.63) is 23.3 Å². The van der Waals surface area contributed by atoms with E-state index in [1.165, 1.54) is 6.07 Å². The highest BCUT2D eigenvalue weighted by atomic mass is 19.4. The Morgan fingerprint density at radius 3 is 2.57 bits per heavy atom. The zero-order chi connectivity index (χ0) is 15.8. The van der Waals surface area contributed by atoms with Gasteiger partial charge in [-0.05, 0) is 44.0 Å². The van der Waals surface area contributed by atoms with Crippen molar-refractivity contribution in [1.82, 2.24) is 5.32 Å². The fraction of sp³-hybridized carbons (Fsp3) is 0.500. The predicted octanol–water partition coefficient (Wildman–Crippen LogP) is 2.49. The Labute approximate surface area is 120 Å². The number of hydrogen-bond acceptors (Lipinski definition) is 3. The molecule has 0 radical (unpaired) electrons. The van der Waals surface area contributed by atoms with Crippen molar-refractivity contribution in [2.45, 2.75) is 26.4 Å². The number of carbonyl (C=O) groups is 1. The number of amides is 1. The largest absolute Gasteiger partial charge is 0.505 e. The summed E-state index contributed by atoms with van der Waals surface area (Å²) >= 11 is 0. The molecule has 1 fully saturated rings. The number of aromatic hydroxyl groups is 1. The summed E-state index contributed by atoms with van der Waals surface area (Å²) in [4.78, 5) is 12.2. The van der Waals surface area contributed by atoms with Crippen LogP contribution in [0, 0.1) is 19.3 Å². The van der Waals surface area contributed by atoms with Crippen molar-refractivity contribution in [1.29, 1.82) is 0 Å². The Morgan fingerprint density at radius 2 is 2.05 bits per heavy atom. The summed E-state index contributed by atoms with van der Waals surface area (Å²) in [6, 6.07) is 3.13. The molecule has 2 rings (SSSR count). The van der Waals surface area contributed by atoms with Crippen LogP contribution in [-0.4, -0.2) is 30.3 Å². The van der Waals surface area contributed by atoms with Crippen LogP contribution in [0.25, 0.3) is 0 Å². The molecule has 1 aromatic rings. The summed E-state index contributed by atoms with van der Waals surface area (Å²) < 4.78 is 39.8. The van der Waals surface area contributed by atoms with Gasteiger partial charge in [-0.3, -0.25) is 4.79 Å². The van der Waals surface area contributed by atoms with Gasteiger partial charge in [-0.1, -0.05) is 6.07 Å². The molecule has 0 saturated carbocycles. The smallest absolute Gasteiger partial charge is 0.404 e. The lowest BCUT2D eigenvalue weighted by molar-refractivity contribution is -0.213. The van der Waals surface area contributed by atoms with E-state index < -0.39 is 24.0 Å². The highest BCUT2D eigenvalue weighted by Gasteiger charge is 2.61. The van der Waals surface area contributed by atoms with Crippen LogP contribution in [-0.2, 0) is 4.79 Å². The fourth-order valence-corrected chi connectivity index (χ4v) is 2.55. The van der Waals surface area contributed by atoms with Gasteiger partial charge in [0.05, 0.1) is 5.69 Å². The third-order valence-electron chi connectivity index (χ3n) is 3.83. The molecule has 1 aliphatic rings. The molecule has 7 heteroatoms. The zero-order valence-electron chi connectivity index (χ0n) is 11.8. The van der Waals surface area contributed by atoms with E-state index >= 15 is 0 Å². The van der Waals surface area contributed by atoms with Gasteiger partial charge in [-0.25, -0.2) is 0 Å². The lowest BCUT2D eigenvalue weighted by Gasteiger charge is -2.29. The maximum Gasteiger partial charge on any atom is 0.404 e. The van der Waals surface area contributed by atoms with Crippen molar-refractivity contribution in [3.63, 3.8) is 0 Å². The normalized spacial score (nSPS) is 22.3. The first-order valence-corrected chi connectivity index (χ1v) is 6.56. The van der Waals surface area contributed by atoms with Gasteiger partial charge < -0.3 is 15.7 Å². The second-order valence-corrected chi connectivity index (χ2v) is 5.44. The quantitative estimate of drug-likeness (QED) is 0.736. The molecule has 1 atom stereocenters. The molecule has 0 aliphatic carbocycles. The van der Waals surface area contributed by atoms with Crippen molar-refractivity contribution in [2.24, 2.45) is 5.41 Å². The fourth-order valence-electron chi connectivity index (χ4n) is 2.55. The number of anilines is 1. The second kappa shape index (κ2) is 5.22. The Bertz CT molecular complexity index is 564. The minimum atomic E-state index is -4.64. The lowest BCUT2D eigenvalue weighted by Crippen LogP contribution is -2.49. The zero-order valence-corrected chi connectivity index (χ0v) is 11.8. The van der Waals surface area contributed by atoms with Gasteiger partial charge in [0.25, 0.3) is 0 Å². The van der Waals surface area contributed by atoms with Gasteiger partial charge in [0.15, 0.2) is 5.41 Å². The van der Waals surface area contributed by atoms with E-state index in [0.717, 1.165) is 5.56 Å². The van der Waals surface area contributed by atoms with Crippen LogP contribution in [0.3, 0.4) is 0 Å².